The number of nitrogens with one attached hydrogen (secondary N) is 1. The van der Waals surface area contributed by atoms with Crippen molar-refractivity contribution in [3.63, 3.8) is 0 Å². The molecule has 1 saturated heterocycles. The zero-order valence-corrected chi connectivity index (χ0v) is 10.5. The molecule has 1 fully saturated rings. The van der Waals surface area contributed by atoms with Crippen molar-refractivity contribution in [2.75, 3.05) is 20.3 Å². The van der Waals surface area contributed by atoms with Gasteiger partial charge in [0, 0.05) is 19.3 Å². The summed E-state index contributed by atoms with van der Waals surface area (Å²) in [6.45, 7) is 5.68. The number of hydrogen-bond acceptors (Lipinski definition) is 4. The van der Waals surface area contributed by atoms with Gasteiger partial charge in [-0.25, -0.2) is 0 Å². The largest absolute Gasteiger partial charge is 0.468 e. The molecule has 0 spiro atoms. The predicted octanol–water partition coefficient (Wildman–Crippen LogP) is 1.34. The molecule has 94 valence electrons. The van der Waals surface area contributed by atoms with Crippen LogP contribution in [-0.2, 0) is 14.3 Å². The summed E-state index contributed by atoms with van der Waals surface area (Å²) in [6.07, 6.45) is 3.10. The molecule has 0 aromatic carbocycles. The second-order valence-corrected chi connectivity index (χ2v) is 4.65. The average molecular weight is 229 g/mol. The number of methoxy groups -OCH3 is 1. The molecule has 4 heteroatoms. The maximum Gasteiger partial charge on any atom is 0.323 e. The predicted molar refractivity (Wildman–Crippen MR) is 62.2 cm³/mol. The molecule has 2 unspecified atom stereocenters. The molecule has 4 nitrogen and oxygen atoms in total. The number of carbonyl (C=O) groups excluding carboxylic acids is 1. The first kappa shape index (κ1) is 13.5. The highest BCUT2D eigenvalue weighted by Gasteiger charge is 2.26. The second-order valence-electron chi connectivity index (χ2n) is 4.65. The number of carbonyl (C=O) groups is 1. The van der Waals surface area contributed by atoms with Crippen LogP contribution in [0.2, 0.25) is 0 Å². The van der Waals surface area contributed by atoms with Crippen molar-refractivity contribution in [3.8, 4) is 0 Å². The topological polar surface area (TPSA) is 47.6 Å². The Kier molecular flexibility index (Phi) is 5.77. The molecule has 1 aliphatic rings. The van der Waals surface area contributed by atoms with Crippen molar-refractivity contribution in [2.24, 2.45) is 5.92 Å². The first-order valence-electron chi connectivity index (χ1n) is 6.06. The highest BCUT2D eigenvalue weighted by Crippen LogP contribution is 2.12. The molecule has 0 saturated carbocycles. The van der Waals surface area contributed by atoms with Crippen LogP contribution in [0.5, 0.6) is 0 Å². The van der Waals surface area contributed by atoms with Crippen molar-refractivity contribution in [1.29, 1.82) is 0 Å². The van der Waals surface area contributed by atoms with E-state index in [0.717, 1.165) is 32.5 Å². The third-order valence-corrected chi connectivity index (χ3v) is 2.99. The van der Waals surface area contributed by atoms with E-state index in [0.29, 0.717) is 6.04 Å². The fourth-order valence-corrected chi connectivity index (χ4v) is 1.98. The zero-order chi connectivity index (χ0) is 12.0. The first-order valence-corrected chi connectivity index (χ1v) is 6.06. The third-order valence-electron chi connectivity index (χ3n) is 2.99. The van der Waals surface area contributed by atoms with Crippen LogP contribution in [0, 0.1) is 5.92 Å². The maximum absolute atomic E-state index is 11.6. The standard InChI is InChI=1S/C12H23NO3/c1-9(2)11(12(14)15-3)13-10-5-4-7-16-8-6-10/h9-11,13H,4-8H2,1-3H3. The van der Waals surface area contributed by atoms with Gasteiger partial charge in [-0.2, -0.15) is 0 Å². The number of hydrogen-bond donors (Lipinski definition) is 1. The van der Waals surface area contributed by atoms with Crippen molar-refractivity contribution >= 4 is 5.97 Å². The van der Waals surface area contributed by atoms with Crippen LogP contribution < -0.4 is 5.32 Å². The summed E-state index contributed by atoms with van der Waals surface area (Å²) in [7, 11) is 1.44. The van der Waals surface area contributed by atoms with Crippen LogP contribution in [0.15, 0.2) is 0 Å². The molecule has 1 rings (SSSR count). The van der Waals surface area contributed by atoms with Gasteiger partial charge in [0.1, 0.15) is 6.04 Å². The monoisotopic (exact) mass is 229 g/mol. The van der Waals surface area contributed by atoms with Gasteiger partial charge in [0.2, 0.25) is 0 Å². The Hall–Kier alpha value is -0.610. The Balaban J connectivity index is 2.49. The molecule has 2 atom stereocenters. The van der Waals surface area contributed by atoms with Crippen molar-refractivity contribution < 1.29 is 14.3 Å². The Morgan fingerprint density at radius 2 is 2.12 bits per heavy atom. The minimum Gasteiger partial charge on any atom is -0.468 e. The summed E-state index contributed by atoms with van der Waals surface area (Å²) in [6, 6.07) is 0.169. The van der Waals surface area contributed by atoms with Crippen LogP contribution >= 0.6 is 0 Å². The second kappa shape index (κ2) is 6.86. The van der Waals surface area contributed by atoms with Gasteiger partial charge >= 0.3 is 5.97 Å². The number of ether oxygens (including phenoxy) is 2. The van der Waals surface area contributed by atoms with E-state index in [1.807, 2.05) is 13.8 Å². The van der Waals surface area contributed by atoms with Crippen LogP contribution in [-0.4, -0.2) is 38.4 Å². The van der Waals surface area contributed by atoms with Gasteiger partial charge < -0.3 is 14.8 Å². The Labute approximate surface area is 97.7 Å². The van der Waals surface area contributed by atoms with Crippen LogP contribution in [0.4, 0.5) is 0 Å². The number of esters is 1. The summed E-state index contributed by atoms with van der Waals surface area (Å²) >= 11 is 0. The Morgan fingerprint density at radius 1 is 1.38 bits per heavy atom. The van der Waals surface area contributed by atoms with Gasteiger partial charge in [-0.15, -0.1) is 0 Å². The molecular weight excluding hydrogens is 206 g/mol. The fraction of sp³-hybridized carbons (Fsp3) is 0.917. The fourth-order valence-electron chi connectivity index (χ4n) is 1.98. The highest BCUT2D eigenvalue weighted by molar-refractivity contribution is 5.75. The van der Waals surface area contributed by atoms with Gasteiger partial charge in [0.15, 0.2) is 0 Å². The van der Waals surface area contributed by atoms with E-state index in [9.17, 15) is 4.79 Å². The molecule has 0 aliphatic carbocycles. The minimum absolute atomic E-state index is 0.167. The van der Waals surface area contributed by atoms with E-state index in [-0.39, 0.29) is 17.9 Å². The molecule has 0 bridgehead atoms. The van der Waals surface area contributed by atoms with E-state index < -0.39 is 0 Å². The smallest absolute Gasteiger partial charge is 0.323 e. The lowest BCUT2D eigenvalue weighted by Gasteiger charge is -2.25. The molecule has 0 amide bonds. The van der Waals surface area contributed by atoms with Gasteiger partial charge in [0.05, 0.1) is 7.11 Å². The Morgan fingerprint density at radius 3 is 2.75 bits per heavy atom. The summed E-state index contributed by atoms with van der Waals surface area (Å²) in [4.78, 5) is 11.6. The molecule has 0 aromatic heterocycles. The highest BCUT2D eigenvalue weighted by atomic mass is 16.5. The SMILES string of the molecule is COC(=O)C(NC1CCCOCC1)C(C)C. The lowest BCUT2D eigenvalue weighted by Crippen LogP contribution is -2.47. The van der Waals surface area contributed by atoms with E-state index >= 15 is 0 Å². The number of rotatable bonds is 4. The molecule has 0 aromatic rings. The van der Waals surface area contributed by atoms with Gasteiger partial charge in [-0.1, -0.05) is 13.8 Å². The van der Waals surface area contributed by atoms with E-state index in [1.165, 1.54) is 7.11 Å². The maximum atomic E-state index is 11.6. The van der Waals surface area contributed by atoms with Gasteiger partial charge in [0.25, 0.3) is 0 Å². The van der Waals surface area contributed by atoms with Crippen molar-refractivity contribution in [1.82, 2.24) is 5.32 Å². The van der Waals surface area contributed by atoms with Crippen LogP contribution in [0.1, 0.15) is 33.1 Å². The van der Waals surface area contributed by atoms with Crippen LogP contribution in [0.3, 0.4) is 0 Å². The first-order chi connectivity index (χ1) is 7.65. The molecule has 16 heavy (non-hydrogen) atoms. The van der Waals surface area contributed by atoms with E-state index in [4.69, 9.17) is 9.47 Å². The van der Waals surface area contributed by atoms with Crippen LogP contribution in [0.25, 0.3) is 0 Å². The summed E-state index contributed by atoms with van der Waals surface area (Å²) in [5.74, 6) is 0.0804. The summed E-state index contributed by atoms with van der Waals surface area (Å²) in [5, 5.41) is 3.39. The summed E-state index contributed by atoms with van der Waals surface area (Å²) in [5.41, 5.74) is 0. The summed E-state index contributed by atoms with van der Waals surface area (Å²) < 4.78 is 10.2. The third kappa shape index (κ3) is 4.10. The van der Waals surface area contributed by atoms with Crippen molar-refractivity contribution in [2.45, 2.75) is 45.2 Å². The lowest BCUT2D eigenvalue weighted by atomic mass is 10.0. The molecular formula is C12H23NO3. The Bertz CT molecular complexity index is 210. The molecule has 1 aliphatic heterocycles. The molecule has 1 heterocycles. The zero-order valence-electron chi connectivity index (χ0n) is 10.5. The lowest BCUT2D eigenvalue weighted by molar-refractivity contribution is -0.144. The average Bonchev–Trinajstić information content (AvgIpc) is 2.52. The van der Waals surface area contributed by atoms with Crippen molar-refractivity contribution in [3.05, 3.63) is 0 Å². The van der Waals surface area contributed by atoms with E-state index in [1.54, 1.807) is 0 Å². The molecule has 1 N–H and O–H groups in total. The van der Waals surface area contributed by atoms with E-state index in [2.05, 4.69) is 5.32 Å². The molecule has 0 radical (unpaired) electrons. The van der Waals surface area contributed by atoms with Gasteiger partial charge in [-0.3, -0.25) is 4.79 Å². The normalized spacial score (nSPS) is 23.9. The minimum atomic E-state index is -0.201. The quantitative estimate of drug-likeness (QED) is 0.739. The van der Waals surface area contributed by atoms with Gasteiger partial charge in [-0.05, 0) is 25.2 Å².